The van der Waals surface area contributed by atoms with Gasteiger partial charge in [-0.2, -0.15) is 0 Å². The Kier molecular flexibility index (Phi) is 6.58. The third-order valence-corrected chi connectivity index (χ3v) is 4.73. The van der Waals surface area contributed by atoms with Crippen LogP contribution in [0.2, 0.25) is 0 Å². The number of rotatable bonds is 9. The first kappa shape index (κ1) is 21.2. The fraction of sp³-hybridized carbons (Fsp3) is 0.273. The second kappa shape index (κ2) is 9.32. The molecule has 0 saturated heterocycles. The summed E-state index contributed by atoms with van der Waals surface area (Å²) in [6.07, 6.45) is 0. The summed E-state index contributed by atoms with van der Waals surface area (Å²) < 4.78 is 20.9. The molecule has 3 rings (SSSR count). The van der Waals surface area contributed by atoms with Crippen molar-refractivity contribution < 1.29 is 28.5 Å². The van der Waals surface area contributed by atoms with Crippen molar-refractivity contribution in [3.63, 3.8) is 0 Å². The van der Waals surface area contributed by atoms with Crippen LogP contribution in [-0.4, -0.2) is 58.3 Å². The number of hydrogen-bond acceptors (Lipinski definition) is 7. The molecule has 158 valence electrons. The van der Waals surface area contributed by atoms with Crippen LogP contribution in [0.1, 0.15) is 5.56 Å². The Hall–Kier alpha value is -3.52. The van der Waals surface area contributed by atoms with Crippen molar-refractivity contribution in [3.05, 3.63) is 53.7 Å². The summed E-state index contributed by atoms with van der Waals surface area (Å²) in [6.45, 7) is 0.386. The minimum Gasteiger partial charge on any atom is -0.497 e. The molecule has 0 unspecified atom stereocenters. The van der Waals surface area contributed by atoms with Gasteiger partial charge >= 0.3 is 0 Å². The molecular weight excluding hydrogens is 388 g/mol. The van der Waals surface area contributed by atoms with Crippen LogP contribution in [0.5, 0.6) is 17.2 Å². The van der Waals surface area contributed by atoms with Gasteiger partial charge in [-0.15, -0.1) is 0 Å². The van der Waals surface area contributed by atoms with E-state index in [9.17, 15) is 9.59 Å². The van der Waals surface area contributed by atoms with E-state index >= 15 is 0 Å². The smallest absolute Gasteiger partial charge is 0.278 e. The number of ether oxygens (including phenoxy) is 4. The zero-order chi connectivity index (χ0) is 21.7. The molecule has 2 amide bonds. The number of hydrogen-bond donors (Lipinski definition) is 1. The number of carbonyl (C=O) groups excluding carboxylic acids is 2. The van der Waals surface area contributed by atoms with Crippen LogP contribution < -0.4 is 19.5 Å². The molecule has 0 radical (unpaired) electrons. The summed E-state index contributed by atoms with van der Waals surface area (Å²) in [6, 6.07) is 12.1. The first-order valence-corrected chi connectivity index (χ1v) is 9.27. The van der Waals surface area contributed by atoms with Crippen molar-refractivity contribution in [1.82, 2.24) is 4.90 Å². The summed E-state index contributed by atoms with van der Waals surface area (Å²) in [5.41, 5.74) is 1.53. The van der Waals surface area contributed by atoms with Gasteiger partial charge in [-0.1, -0.05) is 12.1 Å². The van der Waals surface area contributed by atoms with Gasteiger partial charge in [0.25, 0.3) is 11.8 Å². The molecule has 0 bridgehead atoms. The Bertz CT molecular complexity index is 968. The molecule has 1 aliphatic heterocycles. The number of benzene rings is 2. The van der Waals surface area contributed by atoms with Gasteiger partial charge in [0, 0.05) is 13.2 Å². The molecule has 0 spiro atoms. The molecule has 0 aliphatic carbocycles. The van der Waals surface area contributed by atoms with Crippen LogP contribution in [0.25, 0.3) is 5.57 Å². The van der Waals surface area contributed by atoms with E-state index in [0.29, 0.717) is 28.5 Å². The van der Waals surface area contributed by atoms with Crippen molar-refractivity contribution in [1.29, 1.82) is 0 Å². The molecule has 8 nitrogen and oxygen atoms in total. The molecule has 0 fully saturated rings. The third-order valence-electron chi connectivity index (χ3n) is 4.73. The van der Waals surface area contributed by atoms with Crippen molar-refractivity contribution in [3.8, 4) is 17.2 Å². The highest BCUT2D eigenvalue weighted by atomic mass is 16.5. The van der Waals surface area contributed by atoms with Gasteiger partial charge in [0.1, 0.15) is 22.9 Å². The third kappa shape index (κ3) is 4.08. The highest BCUT2D eigenvalue weighted by Crippen LogP contribution is 2.35. The summed E-state index contributed by atoms with van der Waals surface area (Å²) in [4.78, 5) is 27.4. The number of anilines is 1. The number of carbonyl (C=O) groups is 2. The summed E-state index contributed by atoms with van der Waals surface area (Å²) in [5.74, 6) is 0.904. The predicted octanol–water partition coefficient (Wildman–Crippen LogP) is 2.55. The van der Waals surface area contributed by atoms with E-state index in [1.165, 1.54) is 14.2 Å². The standard InChI is InChI=1S/C22H24N2O6/c1-27-12-11-24-21(25)19(14-5-7-15(28-2)8-6-14)20(22(24)26)23-17-13-16(29-3)9-10-18(17)30-4/h5-10,13,23H,11-12H2,1-4H3. The fourth-order valence-corrected chi connectivity index (χ4v) is 3.15. The summed E-state index contributed by atoms with van der Waals surface area (Å²) >= 11 is 0. The van der Waals surface area contributed by atoms with Gasteiger partial charge in [0.15, 0.2) is 0 Å². The average molecular weight is 412 g/mol. The Morgan fingerprint density at radius 1 is 0.833 bits per heavy atom. The largest absolute Gasteiger partial charge is 0.497 e. The minimum atomic E-state index is -0.437. The molecule has 2 aromatic rings. The molecule has 30 heavy (non-hydrogen) atoms. The van der Waals surface area contributed by atoms with Crippen LogP contribution in [0.4, 0.5) is 5.69 Å². The van der Waals surface area contributed by atoms with Gasteiger partial charge in [-0.25, -0.2) is 0 Å². The van der Waals surface area contributed by atoms with E-state index in [1.54, 1.807) is 56.7 Å². The number of methoxy groups -OCH3 is 4. The molecule has 1 aliphatic rings. The monoisotopic (exact) mass is 412 g/mol. The Balaban J connectivity index is 2.08. The first-order chi connectivity index (χ1) is 14.5. The van der Waals surface area contributed by atoms with Gasteiger partial charge in [0.05, 0.1) is 45.7 Å². The maximum absolute atomic E-state index is 13.1. The van der Waals surface area contributed by atoms with Crippen LogP contribution >= 0.6 is 0 Å². The van der Waals surface area contributed by atoms with Crippen molar-refractivity contribution in [2.45, 2.75) is 0 Å². The lowest BCUT2D eigenvalue weighted by molar-refractivity contribution is -0.137. The van der Waals surface area contributed by atoms with Crippen molar-refractivity contribution in [2.24, 2.45) is 0 Å². The molecular formula is C22H24N2O6. The molecule has 2 aromatic carbocycles. The molecule has 0 atom stereocenters. The second-order valence-corrected chi connectivity index (χ2v) is 6.42. The van der Waals surface area contributed by atoms with E-state index in [1.807, 2.05) is 0 Å². The highest BCUT2D eigenvalue weighted by Gasteiger charge is 2.39. The van der Waals surface area contributed by atoms with Crippen molar-refractivity contribution >= 4 is 23.1 Å². The van der Waals surface area contributed by atoms with Crippen LogP contribution in [0, 0.1) is 0 Å². The summed E-state index contributed by atoms with van der Waals surface area (Å²) in [7, 11) is 6.15. The van der Waals surface area contributed by atoms with Crippen LogP contribution in [0.3, 0.4) is 0 Å². The number of nitrogens with zero attached hydrogens (tertiary/aromatic N) is 1. The number of nitrogens with one attached hydrogen (secondary N) is 1. The van der Waals surface area contributed by atoms with E-state index < -0.39 is 11.8 Å². The normalized spacial score (nSPS) is 13.7. The molecule has 8 heteroatoms. The summed E-state index contributed by atoms with van der Waals surface area (Å²) in [5, 5.41) is 3.09. The zero-order valence-electron chi connectivity index (χ0n) is 17.4. The maximum atomic E-state index is 13.1. The van der Waals surface area contributed by atoms with Gasteiger partial charge < -0.3 is 24.3 Å². The minimum absolute atomic E-state index is 0.147. The average Bonchev–Trinajstić information content (AvgIpc) is 3.01. The number of amides is 2. The quantitative estimate of drug-likeness (QED) is 0.634. The topological polar surface area (TPSA) is 86.3 Å². The van der Waals surface area contributed by atoms with Gasteiger partial charge in [0.2, 0.25) is 0 Å². The van der Waals surface area contributed by atoms with E-state index in [2.05, 4.69) is 5.32 Å². The first-order valence-electron chi connectivity index (χ1n) is 9.27. The Labute approximate surface area is 175 Å². The predicted molar refractivity (Wildman–Crippen MR) is 112 cm³/mol. The van der Waals surface area contributed by atoms with Crippen LogP contribution in [-0.2, 0) is 14.3 Å². The molecule has 1 N–H and O–H groups in total. The lowest BCUT2D eigenvalue weighted by atomic mass is 10.0. The Morgan fingerprint density at radius 2 is 1.50 bits per heavy atom. The SMILES string of the molecule is COCCN1C(=O)C(Nc2cc(OC)ccc2OC)=C(c2ccc(OC)cc2)C1=O. The lowest BCUT2D eigenvalue weighted by Crippen LogP contribution is -2.35. The molecule has 0 aromatic heterocycles. The molecule has 0 saturated carbocycles. The van der Waals surface area contributed by atoms with E-state index in [0.717, 1.165) is 4.90 Å². The lowest BCUT2D eigenvalue weighted by Gasteiger charge is -2.15. The van der Waals surface area contributed by atoms with Crippen LogP contribution in [0.15, 0.2) is 48.2 Å². The Morgan fingerprint density at radius 3 is 2.10 bits per heavy atom. The van der Waals surface area contributed by atoms with Gasteiger partial charge in [-0.05, 0) is 29.8 Å². The number of imide groups is 1. The molecule has 1 heterocycles. The van der Waals surface area contributed by atoms with Gasteiger partial charge in [-0.3, -0.25) is 14.5 Å². The van der Waals surface area contributed by atoms with E-state index in [4.69, 9.17) is 18.9 Å². The fourth-order valence-electron chi connectivity index (χ4n) is 3.15. The second-order valence-electron chi connectivity index (χ2n) is 6.42. The van der Waals surface area contributed by atoms with E-state index in [-0.39, 0.29) is 24.4 Å². The van der Waals surface area contributed by atoms with Crippen molar-refractivity contribution in [2.75, 3.05) is 46.9 Å². The zero-order valence-corrected chi connectivity index (χ0v) is 17.4. The maximum Gasteiger partial charge on any atom is 0.278 e. The highest BCUT2D eigenvalue weighted by molar-refractivity contribution is 6.36.